The van der Waals surface area contributed by atoms with Crippen molar-refractivity contribution in [2.75, 3.05) is 13.2 Å². The smallest absolute Gasteiger partial charge is 0.407 e. The summed E-state index contributed by atoms with van der Waals surface area (Å²) in [5.41, 5.74) is 4.38. The maximum Gasteiger partial charge on any atom is 0.407 e. The van der Waals surface area contributed by atoms with Crippen molar-refractivity contribution in [3.05, 3.63) is 59.7 Å². The predicted molar refractivity (Wildman–Crippen MR) is 128 cm³/mol. The highest BCUT2D eigenvalue weighted by molar-refractivity contribution is 5.96. The van der Waals surface area contributed by atoms with Gasteiger partial charge in [0.2, 0.25) is 11.8 Å². The number of rotatable bonds is 9. The molecule has 2 aromatic rings. The third kappa shape index (κ3) is 5.13. The average Bonchev–Trinajstić information content (AvgIpc) is 3.38. The van der Waals surface area contributed by atoms with Crippen molar-refractivity contribution in [3.63, 3.8) is 0 Å². The van der Waals surface area contributed by atoms with Crippen molar-refractivity contribution in [3.8, 4) is 11.1 Å². The first kappa shape index (κ1) is 24.3. The largest absolute Gasteiger partial charge is 0.481 e. The molecule has 35 heavy (non-hydrogen) atoms. The summed E-state index contributed by atoms with van der Waals surface area (Å²) in [7, 11) is 0. The summed E-state index contributed by atoms with van der Waals surface area (Å²) in [5, 5.41) is 16.9. The van der Waals surface area contributed by atoms with E-state index in [0.29, 0.717) is 12.8 Å². The van der Waals surface area contributed by atoms with Crippen LogP contribution < -0.4 is 16.0 Å². The van der Waals surface area contributed by atoms with E-state index < -0.39 is 41.9 Å². The van der Waals surface area contributed by atoms with Crippen LogP contribution in [0.25, 0.3) is 11.1 Å². The molecule has 1 aliphatic carbocycles. The molecule has 2 aromatic carbocycles. The van der Waals surface area contributed by atoms with Crippen molar-refractivity contribution in [2.24, 2.45) is 5.92 Å². The van der Waals surface area contributed by atoms with E-state index in [0.717, 1.165) is 28.7 Å². The number of nitrogens with one attached hydrogen (secondary N) is 3. The predicted octanol–water partition coefficient (Wildman–Crippen LogP) is 2.40. The van der Waals surface area contributed by atoms with E-state index in [2.05, 4.69) is 16.0 Å². The zero-order chi connectivity index (χ0) is 24.9. The van der Waals surface area contributed by atoms with Crippen LogP contribution in [0.15, 0.2) is 48.5 Å². The van der Waals surface area contributed by atoms with Gasteiger partial charge in [-0.25, -0.2) is 4.79 Å². The highest BCUT2D eigenvalue weighted by Gasteiger charge is 2.41. The van der Waals surface area contributed by atoms with Crippen molar-refractivity contribution < 1.29 is 29.0 Å². The molecule has 3 amide bonds. The van der Waals surface area contributed by atoms with Gasteiger partial charge >= 0.3 is 12.1 Å². The minimum absolute atomic E-state index is 0.0570. The molecule has 0 aromatic heterocycles. The molecule has 0 bridgehead atoms. The summed E-state index contributed by atoms with van der Waals surface area (Å²) >= 11 is 0. The highest BCUT2D eigenvalue weighted by Crippen LogP contribution is 2.44. The van der Waals surface area contributed by atoms with Crippen molar-refractivity contribution in [1.29, 1.82) is 0 Å². The Kier molecular flexibility index (Phi) is 7.33. The molecule has 1 heterocycles. The van der Waals surface area contributed by atoms with Gasteiger partial charge < -0.3 is 25.8 Å². The first-order valence-electron chi connectivity index (χ1n) is 11.8. The molecule has 9 heteroatoms. The fourth-order valence-electron chi connectivity index (χ4n) is 4.73. The molecular formula is C26H29N3O6. The number of alkyl carbamates (subject to hydrolysis) is 1. The number of carboxylic acids is 1. The third-order valence-corrected chi connectivity index (χ3v) is 6.59. The van der Waals surface area contributed by atoms with E-state index in [1.54, 1.807) is 0 Å². The first-order chi connectivity index (χ1) is 16.9. The second-order valence-electron chi connectivity index (χ2n) is 8.84. The Bertz CT molecular complexity index is 1090. The van der Waals surface area contributed by atoms with E-state index in [4.69, 9.17) is 4.74 Å². The van der Waals surface area contributed by atoms with Crippen molar-refractivity contribution >= 4 is 23.9 Å². The van der Waals surface area contributed by atoms with Gasteiger partial charge in [0.05, 0.1) is 0 Å². The van der Waals surface area contributed by atoms with Crippen molar-refractivity contribution in [1.82, 2.24) is 16.0 Å². The van der Waals surface area contributed by atoms with Gasteiger partial charge in [-0.15, -0.1) is 0 Å². The summed E-state index contributed by atoms with van der Waals surface area (Å²) < 4.78 is 5.55. The number of carboxylic acid groups (broad SMARTS) is 1. The minimum Gasteiger partial charge on any atom is -0.481 e. The fraction of sp³-hybridized carbons (Fsp3) is 0.385. The van der Waals surface area contributed by atoms with Gasteiger partial charge in [0, 0.05) is 12.5 Å². The van der Waals surface area contributed by atoms with Crippen LogP contribution in [0.2, 0.25) is 0 Å². The second kappa shape index (κ2) is 10.6. The number of fused-ring (bicyclic) bond motifs is 3. The van der Waals surface area contributed by atoms with Crippen LogP contribution in [0.5, 0.6) is 0 Å². The van der Waals surface area contributed by atoms with Gasteiger partial charge in [-0.3, -0.25) is 14.4 Å². The normalized spacial score (nSPS) is 19.3. The Morgan fingerprint density at radius 1 is 1.09 bits per heavy atom. The molecule has 3 unspecified atom stereocenters. The molecule has 184 valence electrons. The summed E-state index contributed by atoms with van der Waals surface area (Å²) in [4.78, 5) is 49.0. The topological polar surface area (TPSA) is 134 Å². The van der Waals surface area contributed by atoms with E-state index >= 15 is 0 Å². The number of unbranched alkanes of at least 4 members (excludes halogenated alkanes) is 1. The quantitative estimate of drug-likeness (QED) is 0.436. The van der Waals surface area contributed by atoms with Gasteiger partial charge in [-0.1, -0.05) is 68.3 Å². The molecule has 2 aliphatic rings. The van der Waals surface area contributed by atoms with Crippen LogP contribution in [0.4, 0.5) is 4.79 Å². The lowest BCUT2D eigenvalue weighted by Crippen LogP contribution is -2.53. The van der Waals surface area contributed by atoms with Gasteiger partial charge in [0.25, 0.3) is 0 Å². The molecule has 1 aliphatic heterocycles. The summed E-state index contributed by atoms with van der Waals surface area (Å²) in [6, 6.07) is 13.8. The molecule has 4 rings (SSSR count). The molecular weight excluding hydrogens is 450 g/mol. The van der Waals surface area contributed by atoms with Crippen LogP contribution >= 0.6 is 0 Å². The lowest BCUT2D eigenvalue weighted by atomic mass is 9.98. The van der Waals surface area contributed by atoms with Crippen molar-refractivity contribution in [2.45, 2.75) is 44.2 Å². The fourth-order valence-corrected chi connectivity index (χ4v) is 4.73. The maximum absolute atomic E-state index is 12.9. The highest BCUT2D eigenvalue weighted by atomic mass is 16.5. The Hall–Kier alpha value is -3.88. The monoisotopic (exact) mass is 479 g/mol. The van der Waals surface area contributed by atoms with Crippen LogP contribution in [0.1, 0.15) is 43.2 Å². The lowest BCUT2D eigenvalue weighted by Gasteiger charge is -2.22. The average molecular weight is 480 g/mol. The van der Waals surface area contributed by atoms with E-state index in [1.807, 2.05) is 55.5 Å². The van der Waals surface area contributed by atoms with Crippen LogP contribution in [-0.2, 0) is 19.1 Å². The SMILES string of the molecule is CCCCC(NC(=O)OCC1c2ccccc2-c2ccccc21)C(=O)NC1C(=O)NCC1C(=O)O. The number of ether oxygens (including phenoxy) is 1. The Balaban J connectivity index is 1.41. The number of aliphatic carboxylic acids is 1. The second-order valence-corrected chi connectivity index (χ2v) is 8.84. The summed E-state index contributed by atoms with van der Waals surface area (Å²) in [5.74, 6) is -3.52. The minimum atomic E-state index is -1.19. The van der Waals surface area contributed by atoms with Gasteiger partial charge in [0.15, 0.2) is 0 Å². The standard InChI is InChI=1S/C26H29N3O6/c1-2-3-12-21(23(30)29-22-19(25(32)33)13-27-24(22)31)28-26(34)35-14-20-17-10-6-4-8-15(17)16-9-5-7-11-18(16)20/h4-11,19-22H,2-3,12-14H2,1H3,(H,27,31)(H,28,34)(H,29,30)(H,32,33). The molecule has 0 saturated carbocycles. The molecule has 0 radical (unpaired) electrons. The Labute approximate surface area is 203 Å². The lowest BCUT2D eigenvalue weighted by molar-refractivity contribution is -0.143. The van der Waals surface area contributed by atoms with E-state index in [-0.39, 0.29) is 19.1 Å². The number of hydrogen-bond acceptors (Lipinski definition) is 5. The zero-order valence-corrected chi connectivity index (χ0v) is 19.5. The maximum atomic E-state index is 12.9. The Morgan fingerprint density at radius 2 is 1.71 bits per heavy atom. The number of hydrogen-bond donors (Lipinski definition) is 4. The van der Waals surface area contributed by atoms with Gasteiger partial charge in [-0.05, 0) is 28.7 Å². The Morgan fingerprint density at radius 3 is 2.31 bits per heavy atom. The number of benzene rings is 2. The number of carbonyl (C=O) groups is 4. The third-order valence-electron chi connectivity index (χ3n) is 6.59. The molecule has 1 fully saturated rings. The molecule has 9 nitrogen and oxygen atoms in total. The first-order valence-corrected chi connectivity index (χ1v) is 11.8. The zero-order valence-electron chi connectivity index (χ0n) is 19.5. The summed E-state index contributed by atoms with van der Waals surface area (Å²) in [6.07, 6.45) is 1.03. The number of amides is 3. The van der Waals surface area contributed by atoms with Gasteiger partial charge in [0.1, 0.15) is 24.6 Å². The molecule has 3 atom stereocenters. The van der Waals surface area contributed by atoms with Crippen LogP contribution in [-0.4, -0.2) is 54.2 Å². The van der Waals surface area contributed by atoms with Gasteiger partial charge in [-0.2, -0.15) is 0 Å². The van der Waals surface area contributed by atoms with Crippen LogP contribution in [0.3, 0.4) is 0 Å². The molecule has 0 spiro atoms. The molecule has 4 N–H and O–H groups in total. The van der Waals surface area contributed by atoms with Crippen LogP contribution in [0, 0.1) is 5.92 Å². The number of carbonyl (C=O) groups excluding carboxylic acids is 3. The van der Waals surface area contributed by atoms with E-state index in [1.165, 1.54) is 0 Å². The van der Waals surface area contributed by atoms with E-state index in [9.17, 15) is 24.3 Å². The molecule has 1 saturated heterocycles. The summed E-state index contributed by atoms with van der Waals surface area (Å²) in [6.45, 7) is 2.00.